The predicted octanol–water partition coefficient (Wildman–Crippen LogP) is 2.88. The van der Waals surface area contributed by atoms with Gasteiger partial charge in [-0.3, -0.25) is 0 Å². The van der Waals surface area contributed by atoms with Crippen molar-refractivity contribution in [2.75, 3.05) is 7.05 Å². The summed E-state index contributed by atoms with van der Waals surface area (Å²) in [7, 11) is -1.88. The molecule has 0 spiro atoms. The SMILES string of the molecule is Cc1ccc(/C=C/S(=O)(=O)N(C)Cc2cscn2)cc1. The van der Waals surface area contributed by atoms with E-state index in [1.807, 2.05) is 36.6 Å². The number of nitrogens with zero attached hydrogens (tertiary/aromatic N) is 2. The molecule has 1 aromatic heterocycles. The van der Waals surface area contributed by atoms with E-state index in [0.717, 1.165) is 16.8 Å². The van der Waals surface area contributed by atoms with E-state index in [4.69, 9.17) is 0 Å². The quantitative estimate of drug-likeness (QED) is 0.853. The normalized spacial score (nSPS) is 12.3. The molecular formula is C14H16N2O2S2. The van der Waals surface area contributed by atoms with E-state index in [1.54, 1.807) is 18.6 Å². The van der Waals surface area contributed by atoms with Crippen molar-refractivity contribution >= 4 is 27.4 Å². The topological polar surface area (TPSA) is 50.3 Å². The molecule has 1 aromatic carbocycles. The summed E-state index contributed by atoms with van der Waals surface area (Å²) in [6.07, 6.45) is 1.60. The van der Waals surface area contributed by atoms with Crippen LogP contribution in [0.3, 0.4) is 0 Å². The number of benzene rings is 1. The average molecular weight is 308 g/mol. The first-order valence-electron chi connectivity index (χ1n) is 6.05. The van der Waals surface area contributed by atoms with Crippen molar-refractivity contribution in [2.24, 2.45) is 0 Å². The van der Waals surface area contributed by atoms with Crippen LogP contribution in [0.2, 0.25) is 0 Å². The van der Waals surface area contributed by atoms with Crippen molar-refractivity contribution in [1.29, 1.82) is 0 Å². The lowest BCUT2D eigenvalue weighted by molar-refractivity contribution is 0.471. The van der Waals surface area contributed by atoms with E-state index in [0.29, 0.717) is 0 Å². The number of hydrogen-bond donors (Lipinski definition) is 0. The number of rotatable bonds is 5. The molecule has 0 radical (unpaired) electrons. The number of sulfonamides is 1. The number of aryl methyl sites for hydroxylation is 1. The van der Waals surface area contributed by atoms with Crippen molar-refractivity contribution in [3.05, 3.63) is 57.4 Å². The number of hydrogen-bond acceptors (Lipinski definition) is 4. The second-order valence-electron chi connectivity index (χ2n) is 4.49. The molecule has 0 amide bonds. The fraction of sp³-hybridized carbons (Fsp3) is 0.214. The van der Waals surface area contributed by atoms with Crippen LogP contribution in [0.5, 0.6) is 0 Å². The predicted molar refractivity (Wildman–Crippen MR) is 82.7 cm³/mol. The van der Waals surface area contributed by atoms with Crippen molar-refractivity contribution in [2.45, 2.75) is 13.5 Å². The molecule has 2 aromatic rings. The molecule has 0 aliphatic rings. The third-order valence-corrected chi connectivity index (χ3v) is 4.93. The standard InChI is InChI=1S/C14H16N2O2S2/c1-12-3-5-13(6-4-12)7-8-20(17,18)16(2)9-14-10-19-11-15-14/h3-8,10-11H,9H2,1-2H3/b8-7+. The molecule has 0 fully saturated rings. The highest BCUT2D eigenvalue weighted by atomic mass is 32.2. The van der Waals surface area contributed by atoms with Gasteiger partial charge in [-0.15, -0.1) is 11.3 Å². The van der Waals surface area contributed by atoms with Gasteiger partial charge in [0.15, 0.2) is 0 Å². The molecule has 2 rings (SSSR count). The van der Waals surface area contributed by atoms with Crippen molar-refractivity contribution < 1.29 is 8.42 Å². The van der Waals surface area contributed by atoms with Gasteiger partial charge in [-0.25, -0.2) is 13.4 Å². The van der Waals surface area contributed by atoms with Crippen LogP contribution in [0.15, 0.2) is 40.6 Å². The van der Waals surface area contributed by atoms with Gasteiger partial charge in [-0.2, -0.15) is 4.31 Å². The van der Waals surface area contributed by atoms with Crippen LogP contribution in [0.1, 0.15) is 16.8 Å². The average Bonchev–Trinajstić information content (AvgIpc) is 2.91. The first kappa shape index (κ1) is 14.9. The van der Waals surface area contributed by atoms with E-state index >= 15 is 0 Å². The van der Waals surface area contributed by atoms with Gasteiger partial charge in [0.25, 0.3) is 0 Å². The van der Waals surface area contributed by atoms with Gasteiger partial charge < -0.3 is 0 Å². The minimum atomic E-state index is -3.43. The number of aromatic nitrogens is 1. The van der Waals surface area contributed by atoms with Gasteiger partial charge in [-0.1, -0.05) is 29.8 Å². The summed E-state index contributed by atoms with van der Waals surface area (Å²) >= 11 is 1.45. The van der Waals surface area contributed by atoms with Crippen molar-refractivity contribution in [3.8, 4) is 0 Å². The first-order valence-corrected chi connectivity index (χ1v) is 8.50. The van der Waals surface area contributed by atoms with Crippen LogP contribution in [0, 0.1) is 6.92 Å². The minimum Gasteiger partial charge on any atom is -0.248 e. The molecule has 20 heavy (non-hydrogen) atoms. The highest BCUT2D eigenvalue weighted by Gasteiger charge is 2.15. The third-order valence-electron chi connectivity index (χ3n) is 2.81. The molecule has 106 valence electrons. The second kappa shape index (κ2) is 6.30. The summed E-state index contributed by atoms with van der Waals surface area (Å²) in [5.74, 6) is 0. The molecule has 6 heteroatoms. The van der Waals surface area contributed by atoms with Gasteiger partial charge in [0, 0.05) is 17.8 Å². The maximum atomic E-state index is 12.1. The summed E-state index contributed by atoms with van der Waals surface area (Å²) in [6, 6.07) is 7.68. The molecule has 0 bridgehead atoms. The third kappa shape index (κ3) is 4.00. The largest absolute Gasteiger partial charge is 0.248 e. The van der Waals surface area contributed by atoms with Gasteiger partial charge in [0.05, 0.1) is 17.7 Å². The minimum absolute atomic E-state index is 0.282. The fourth-order valence-corrected chi connectivity index (χ4v) is 2.98. The lowest BCUT2D eigenvalue weighted by Gasteiger charge is -2.12. The molecule has 4 nitrogen and oxygen atoms in total. The zero-order chi connectivity index (χ0) is 14.6. The first-order chi connectivity index (χ1) is 9.47. The van der Waals surface area contributed by atoms with Crippen LogP contribution in [0.4, 0.5) is 0 Å². The maximum Gasteiger partial charge on any atom is 0.236 e. The van der Waals surface area contributed by atoms with Gasteiger partial charge >= 0.3 is 0 Å². The Labute approximate surface area is 123 Å². The summed E-state index contributed by atoms with van der Waals surface area (Å²) in [6.45, 7) is 2.27. The van der Waals surface area contributed by atoms with Crippen LogP contribution in [0.25, 0.3) is 6.08 Å². The molecule has 0 N–H and O–H groups in total. The number of thiazole rings is 1. The molecule has 0 aliphatic carbocycles. The zero-order valence-electron chi connectivity index (χ0n) is 11.4. The van der Waals surface area contributed by atoms with Crippen molar-refractivity contribution in [1.82, 2.24) is 9.29 Å². The zero-order valence-corrected chi connectivity index (χ0v) is 13.0. The maximum absolute atomic E-state index is 12.1. The fourth-order valence-electron chi connectivity index (χ4n) is 1.58. The van der Waals surface area contributed by atoms with Crippen LogP contribution < -0.4 is 0 Å². The van der Waals surface area contributed by atoms with Crippen molar-refractivity contribution in [3.63, 3.8) is 0 Å². The van der Waals surface area contributed by atoms with Crippen LogP contribution >= 0.6 is 11.3 Å². The Morgan fingerprint density at radius 2 is 2.00 bits per heavy atom. The van der Waals surface area contributed by atoms with E-state index in [9.17, 15) is 8.42 Å². The van der Waals surface area contributed by atoms with E-state index in [1.165, 1.54) is 21.1 Å². The Bertz CT molecular complexity index is 674. The molecule has 0 aliphatic heterocycles. The van der Waals surface area contributed by atoms with Gasteiger partial charge in [0.2, 0.25) is 10.0 Å². The smallest absolute Gasteiger partial charge is 0.236 e. The summed E-state index contributed by atoms with van der Waals surface area (Å²) in [5.41, 5.74) is 4.45. The van der Waals surface area contributed by atoms with Gasteiger partial charge in [0.1, 0.15) is 0 Å². The Balaban J connectivity index is 2.08. The molecule has 0 atom stereocenters. The monoisotopic (exact) mass is 308 g/mol. The lowest BCUT2D eigenvalue weighted by atomic mass is 10.2. The molecule has 1 heterocycles. The highest BCUT2D eigenvalue weighted by molar-refractivity contribution is 7.92. The Morgan fingerprint density at radius 1 is 1.30 bits per heavy atom. The highest BCUT2D eigenvalue weighted by Crippen LogP contribution is 2.11. The molecule has 0 saturated heterocycles. The summed E-state index contributed by atoms with van der Waals surface area (Å²) < 4.78 is 25.5. The summed E-state index contributed by atoms with van der Waals surface area (Å²) in [5, 5.41) is 3.07. The molecule has 0 saturated carbocycles. The Morgan fingerprint density at radius 3 is 2.60 bits per heavy atom. The van der Waals surface area contributed by atoms with Crippen LogP contribution in [-0.4, -0.2) is 24.8 Å². The van der Waals surface area contributed by atoms with Crippen LogP contribution in [-0.2, 0) is 16.6 Å². The molecular weight excluding hydrogens is 292 g/mol. The Hall–Kier alpha value is -1.50. The van der Waals surface area contributed by atoms with Gasteiger partial charge in [-0.05, 0) is 18.6 Å². The summed E-state index contributed by atoms with van der Waals surface area (Å²) in [4.78, 5) is 4.09. The van der Waals surface area contributed by atoms with E-state index in [2.05, 4.69) is 4.98 Å². The Kier molecular flexibility index (Phi) is 4.69. The van der Waals surface area contributed by atoms with E-state index < -0.39 is 10.0 Å². The molecule has 0 unspecified atom stereocenters. The van der Waals surface area contributed by atoms with E-state index in [-0.39, 0.29) is 6.54 Å². The lowest BCUT2D eigenvalue weighted by Crippen LogP contribution is -2.24. The second-order valence-corrected chi connectivity index (χ2v) is 7.14.